The normalized spacial score (nSPS) is 20.7. The molecule has 1 aromatic heterocycles. The predicted octanol–water partition coefficient (Wildman–Crippen LogP) is -0.119. The lowest BCUT2D eigenvalue weighted by atomic mass is 10.2. The molecule has 1 unspecified atom stereocenters. The Hall–Kier alpha value is -1.20. The number of rotatable bonds is 3. The van der Waals surface area contributed by atoms with Crippen molar-refractivity contribution in [3.8, 4) is 0 Å². The van der Waals surface area contributed by atoms with Crippen LogP contribution in [0.1, 0.15) is 18.4 Å². The van der Waals surface area contributed by atoms with Gasteiger partial charge in [0.25, 0.3) is 5.56 Å². The maximum Gasteiger partial charge on any atom is 0.277 e. The molecular weight excluding hydrogens is 194 g/mol. The summed E-state index contributed by atoms with van der Waals surface area (Å²) in [6, 6.07) is 0. The van der Waals surface area contributed by atoms with Gasteiger partial charge in [0.05, 0.1) is 12.4 Å². The van der Waals surface area contributed by atoms with Gasteiger partial charge in [0, 0.05) is 31.5 Å². The smallest absolute Gasteiger partial charge is 0.277 e. The van der Waals surface area contributed by atoms with Gasteiger partial charge in [-0.05, 0) is 12.8 Å². The third-order valence-corrected chi connectivity index (χ3v) is 2.58. The summed E-state index contributed by atoms with van der Waals surface area (Å²) >= 11 is 0. The third kappa shape index (κ3) is 2.43. The molecule has 1 aromatic rings. The van der Waals surface area contributed by atoms with Gasteiger partial charge in [0.1, 0.15) is 0 Å². The fraction of sp³-hybridized carbons (Fsp3) is 0.600. The first-order chi connectivity index (χ1) is 7.29. The molecule has 1 atom stereocenters. The van der Waals surface area contributed by atoms with Gasteiger partial charge in [0.2, 0.25) is 0 Å². The second kappa shape index (κ2) is 4.55. The van der Waals surface area contributed by atoms with Crippen molar-refractivity contribution in [1.82, 2.24) is 9.55 Å². The zero-order valence-electron chi connectivity index (χ0n) is 8.56. The fourth-order valence-electron chi connectivity index (χ4n) is 1.76. The van der Waals surface area contributed by atoms with E-state index >= 15 is 0 Å². The van der Waals surface area contributed by atoms with Crippen LogP contribution in [0, 0.1) is 0 Å². The molecule has 5 heteroatoms. The Morgan fingerprint density at radius 1 is 1.67 bits per heavy atom. The third-order valence-electron chi connectivity index (χ3n) is 2.58. The first kappa shape index (κ1) is 10.3. The van der Waals surface area contributed by atoms with Gasteiger partial charge in [-0.15, -0.1) is 0 Å². The van der Waals surface area contributed by atoms with Crippen LogP contribution in [0.4, 0.5) is 0 Å². The summed E-state index contributed by atoms with van der Waals surface area (Å²) in [5.41, 5.74) is 5.76. The molecular formula is C10H15N3O2. The van der Waals surface area contributed by atoms with E-state index < -0.39 is 0 Å². The van der Waals surface area contributed by atoms with Crippen LogP contribution < -0.4 is 11.3 Å². The molecule has 0 bridgehead atoms. The molecule has 0 amide bonds. The molecule has 1 aliphatic heterocycles. The minimum absolute atomic E-state index is 0.234. The van der Waals surface area contributed by atoms with Crippen molar-refractivity contribution < 1.29 is 4.74 Å². The summed E-state index contributed by atoms with van der Waals surface area (Å²) in [7, 11) is 0. The number of nitrogens with two attached hydrogens (primary N) is 1. The zero-order valence-corrected chi connectivity index (χ0v) is 8.56. The SMILES string of the molecule is NCc1cn(CC2CCCO2)cnc1=O. The lowest BCUT2D eigenvalue weighted by Gasteiger charge is -2.12. The highest BCUT2D eigenvalue weighted by Gasteiger charge is 2.15. The Morgan fingerprint density at radius 2 is 2.53 bits per heavy atom. The molecule has 1 fully saturated rings. The van der Waals surface area contributed by atoms with Crippen LogP contribution >= 0.6 is 0 Å². The minimum atomic E-state index is -0.235. The summed E-state index contributed by atoms with van der Waals surface area (Å²) in [5.74, 6) is 0. The van der Waals surface area contributed by atoms with Crippen LogP contribution in [0.15, 0.2) is 17.3 Å². The number of hydrogen-bond donors (Lipinski definition) is 1. The molecule has 2 rings (SSSR count). The van der Waals surface area contributed by atoms with E-state index in [-0.39, 0.29) is 18.2 Å². The maximum atomic E-state index is 11.2. The van der Waals surface area contributed by atoms with Crippen LogP contribution in [0.3, 0.4) is 0 Å². The molecule has 2 N–H and O–H groups in total. The van der Waals surface area contributed by atoms with Gasteiger partial charge in [-0.1, -0.05) is 0 Å². The minimum Gasteiger partial charge on any atom is -0.376 e. The Kier molecular flexibility index (Phi) is 3.13. The summed E-state index contributed by atoms with van der Waals surface area (Å²) in [5, 5.41) is 0. The molecule has 82 valence electrons. The highest BCUT2D eigenvalue weighted by Crippen LogP contribution is 2.13. The van der Waals surface area contributed by atoms with Gasteiger partial charge in [-0.3, -0.25) is 4.79 Å². The summed E-state index contributed by atoms with van der Waals surface area (Å²) < 4.78 is 7.38. The summed E-state index contributed by atoms with van der Waals surface area (Å²) in [6.45, 7) is 1.82. The van der Waals surface area contributed by atoms with E-state index in [1.54, 1.807) is 12.5 Å². The van der Waals surface area contributed by atoms with E-state index in [2.05, 4.69) is 4.98 Å². The van der Waals surface area contributed by atoms with Crippen molar-refractivity contribution in [2.75, 3.05) is 6.61 Å². The molecule has 0 aliphatic carbocycles. The van der Waals surface area contributed by atoms with Crippen LogP contribution in [-0.4, -0.2) is 22.3 Å². The molecule has 0 spiro atoms. The quantitative estimate of drug-likeness (QED) is 0.753. The molecule has 2 heterocycles. The van der Waals surface area contributed by atoms with Crippen LogP contribution in [0.5, 0.6) is 0 Å². The average molecular weight is 209 g/mol. The van der Waals surface area contributed by atoms with Crippen LogP contribution in [0.2, 0.25) is 0 Å². The van der Waals surface area contributed by atoms with Crippen molar-refractivity contribution in [1.29, 1.82) is 0 Å². The number of ether oxygens (including phenoxy) is 1. The Balaban J connectivity index is 2.11. The van der Waals surface area contributed by atoms with E-state index in [1.165, 1.54) is 0 Å². The van der Waals surface area contributed by atoms with Gasteiger partial charge in [-0.25, -0.2) is 0 Å². The Labute approximate surface area is 87.9 Å². The van der Waals surface area contributed by atoms with Crippen molar-refractivity contribution >= 4 is 0 Å². The number of aromatic nitrogens is 2. The van der Waals surface area contributed by atoms with E-state index in [1.807, 2.05) is 4.57 Å². The second-order valence-electron chi connectivity index (χ2n) is 3.74. The van der Waals surface area contributed by atoms with Gasteiger partial charge in [0.15, 0.2) is 0 Å². The van der Waals surface area contributed by atoms with Crippen molar-refractivity contribution in [3.63, 3.8) is 0 Å². The summed E-state index contributed by atoms with van der Waals surface area (Å²) in [4.78, 5) is 15.0. The topological polar surface area (TPSA) is 70.1 Å². The van der Waals surface area contributed by atoms with Gasteiger partial charge < -0.3 is 15.0 Å². The Bertz CT molecular complexity index is 382. The second-order valence-corrected chi connectivity index (χ2v) is 3.74. The molecule has 15 heavy (non-hydrogen) atoms. The van der Waals surface area contributed by atoms with E-state index in [4.69, 9.17) is 10.5 Å². The molecule has 0 saturated carbocycles. The molecule has 0 aromatic carbocycles. The van der Waals surface area contributed by atoms with Crippen molar-refractivity contribution in [2.45, 2.75) is 32.0 Å². The van der Waals surface area contributed by atoms with Crippen molar-refractivity contribution in [2.24, 2.45) is 5.73 Å². The van der Waals surface area contributed by atoms with Gasteiger partial charge >= 0.3 is 0 Å². The standard InChI is InChI=1S/C10H15N3O2/c11-4-8-5-13(7-12-10(8)14)6-9-2-1-3-15-9/h5,7,9H,1-4,6,11H2. The predicted molar refractivity (Wildman–Crippen MR) is 55.4 cm³/mol. The maximum absolute atomic E-state index is 11.2. The summed E-state index contributed by atoms with van der Waals surface area (Å²) in [6.07, 6.45) is 5.74. The molecule has 5 nitrogen and oxygen atoms in total. The highest BCUT2D eigenvalue weighted by atomic mass is 16.5. The molecule has 0 radical (unpaired) electrons. The Morgan fingerprint density at radius 3 is 3.20 bits per heavy atom. The lowest BCUT2D eigenvalue weighted by molar-refractivity contribution is 0.0965. The monoisotopic (exact) mass is 209 g/mol. The highest BCUT2D eigenvalue weighted by molar-refractivity contribution is 5.03. The van der Waals surface area contributed by atoms with E-state index in [9.17, 15) is 4.79 Å². The van der Waals surface area contributed by atoms with E-state index in [0.29, 0.717) is 5.56 Å². The van der Waals surface area contributed by atoms with Crippen LogP contribution in [-0.2, 0) is 17.8 Å². The molecule has 1 aliphatic rings. The molecule has 1 saturated heterocycles. The fourth-order valence-corrected chi connectivity index (χ4v) is 1.76. The van der Waals surface area contributed by atoms with E-state index in [0.717, 1.165) is 26.0 Å². The lowest BCUT2D eigenvalue weighted by Crippen LogP contribution is -2.22. The first-order valence-corrected chi connectivity index (χ1v) is 5.16. The largest absolute Gasteiger partial charge is 0.376 e. The van der Waals surface area contributed by atoms with Crippen LogP contribution in [0.25, 0.3) is 0 Å². The van der Waals surface area contributed by atoms with Crippen molar-refractivity contribution in [3.05, 3.63) is 28.4 Å². The average Bonchev–Trinajstić information content (AvgIpc) is 2.73. The number of nitrogens with zero attached hydrogens (tertiary/aromatic N) is 2. The first-order valence-electron chi connectivity index (χ1n) is 5.16. The zero-order chi connectivity index (χ0) is 10.7. The number of hydrogen-bond acceptors (Lipinski definition) is 4. The van der Waals surface area contributed by atoms with Gasteiger partial charge in [-0.2, -0.15) is 4.98 Å².